The largest absolute Gasteiger partial charge is 0.461 e. The molecule has 0 aliphatic heterocycles. The lowest BCUT2D eigenvalue weighted by Crippen LogP contribution is -2.05. The number of ether oxygens (including phenoxy) is 1. The van der Waals surface area contributed by atoms with E-state index in [4.69, 9.17) is 16.3 Å². The van der Waals surface area contributed by atoms with Gasteiger partial charge in [0.15, 0.2) is 10.8 Å². The van der Waals surface area contributed by atoms with Crippen LogP contribution in [0.4, 0.5) is 0 Å². The third-order valence-electron chi connectivity index (χ3n) is 2.16. The summed E-state index contributed by atoms with van der Waals surface area (Å²) in [5.74, 6) is -0.475. The summed E-state index contributed by atoms with van der Waals surface area (Å²) in [7, 11) is 0. The second-order valence-electron chi connectivity index (χ2n) is 3.33. The smallest absolute Gasteiger partial charge is 0.358 e. The van der Waals surface area contributed by atoms with E-state index in [1.54, 1.807) is 19.9 Å². The first-order valence-corrected chi connectivity index (χ1v) is 6.10. The number of halogens is 2. The second kappa shape index (κ2) is 4.62. The van der Waals surface area contributed by atoms with E-state index in [0.717, 1.165) is 0 Å². The average Bonchev–Trinajstić information content (AvgIpc) is 2.72. The van der Waals surface area contributed by atoms with Crippen molar-refractivity contribution in [1.29, 1.82) is 0 Å². The number of rotatable bonds is 2. The monoisotopic (exact) mass is 317 g/mol. The Balaban J connectivity index is 2.61. The van der Waals surface area contributed by atoms with Gasteiger partial charge in [-0.1, -0.05) is 11.6 Å². The Morgan fingerprint density at radius 1 is 1.65 bits per heavy atom. The molecule has 2 aromatic heterocycles. The van der Waals surface area contributed by atoms with Crippen LogP contribution in [0.2, 0.25) is 5.15 Å². The van der Waals surface area contributed by atoms with Crippen molar-refractivity contribution in [2.75, 3.05) is 6.61 Å². The van der Waals surface area contributed by atoms with Crippen LogP contribution in [0, 0.1) is 6.92 Å². The van der Waals surface area contributed by atoms with Gasteiger partial charge in [0.2, 0.25) is 0 Å². The predicted octanol–water partition coefficient (Wildman–Crippen LogP) is 2.63. The molecule has 0 bridgehead atoms. The van der Waals surface area contributed by atoms with Gasteiger partial charge >= 0.3 is 5.97 Å². The highest BCUT2D eigenvalue weighted by atomic mass is 79.9. The lowest BCUT2D eigenvalue weighted by atomic mass is 10.4. The van der Waals surface area contributed by atoms with Crippen LogP contribution in [0.25, 0.3) is 5.52 Å². The first-order chi connectivity index (χ1) is 8.04. The summed E-state index contributed by atoms with van der Waals surface area (Å²) in [4.78, 5) is 15.7. The van der Waals surface area contributed by atoms with Crippen LogP contribution < -0.4 is 0 Å². The minimum atomic E-state index is -0.475. The van der Waals surface area contributed by atoms with Gasteiger partial charge in [-0.25, -0.2) is 14.3 Å². The number of carbonyl (C=O) groups is 1. The van der Waals surface area contributed by atoms with Gasteiger partial charge in [0.05, 0.1) is 12.3 Å². The first-order valence-electron chi connectivity index (χ1n) is 4.93. The van der Waals surface area contributed by atoms with E-state index in [-0.39, 0.29) is 5.69 Å². The molecule has 0 radical (unpaired) electrons. The lowest BCUT2D eigenvalue weighted by Gasteiger charge is -2.01. The van der Waals surface area contributed by atoms with E-state index in [1.807, 2.05) is 0 Å². The van der Waals surface area contributed by atoms with Gasteiger partial charge in [0.1, 0.15) is 10.1 Å². The van der Waals surface area contributed by atoms with Gasteiger partial charge in [-0.2, -0.15) is 5.10 Å². The van der Waals surface area contributed by atoms with E-state index in [1.165, 1.54) is 4.52 Å². The lowest BCUT2D eigenvalue weighted by molar-refractivity contribution is 0.0519. The minimum Gasteiger partial charge on any atom is -0.461 e. The molecule has 0 aliphatic rings. The molecule has 2 heterocycles. The Bertz CT molecular complexity index is 597. The van der Waals surface area contributed by atoms with E-state index in [0.29, 0.717) is 27.6 Å². The topological polar surface area (TPSA) is 56.5 Å². The molecule has 7 heteroatoms. The summed E-state index contributed by atoms with van der Waals surface area (Å²) >= 11 is 9.33. The van der Waals surface area contributed by atoms with E-state index in [2.05, 4.69) is 26.0 Å². The van der Waals surface area contributed by atoms with Crippen molar-refractivity contribution in [2.24, 2.45) is 0 Å². The molecular formula is C10H9BrClN3O2. The number of carbonyl (C=O) groups excluding carboxylic acids is 1. The molecule has 90 valence electrons. The first kappa shape index (κ1) is 12.3. The standard InChI is InChI=1S/C10H9BrClN3O2/c1-3-17-10(16)6-4-7-9(12)13-5(2)8(11)15(7)14-6/h4H,3H2,1-2H3. The molecule has 2 rings (SSSR count). The third-order valence-corrected chi connectivity index (χ3v) is 3.34. The Morgan fingerprint density at radius 2 is 2.35 bits per heavy atom. The van der Waals surface area contributed by atoms with Crippen molar-refractivity contribution in [3.05, 3.63) is 27.2 Å². The number of nitrogens with zero attached hydrogens (tertiary/aromatic N) is 3. The molecule has 0 spiro atoms. The zero-order valence-corrected chi connectivity index (χ0v) is 11.5. The molecule has 0 saturated carbocycles. The van der Waals surface area contributed by atoms with Crippen LogP contribution in [0.1, 0.15) is 23.1 Å². The van der Waals surface area contributed by atoms with Crippen molar-refractivity contribution in [3.8, 4) is 0 Å². The molecule has 0 amide bonds. The molecule has 0 aliphatic carbocycles. The molecule has 0 saturated heterocycles. The highest BCUT2D eigenvalue weighted by Gasteiger charge is 2.16. The summed E-state index contributed by atoms with van der Waals surface area (Å²) in [5.41, 5.74) is 1.47. The maximum atomic E-state index is 11.5. The van der Waals surface area contributed by atoms with Crippen LogP contribution in [-0.4, -0.2) is 27.2 Å². The van der Waals surface area contributed by atoms with E-state index < -0.39 is 5.97 Å². The van der Waals surface area contributed by atoms with Gasteiger partial charge in [-0.05, 0) is 29.8 Å². The van der Waals surface area contributed by atoms with E-state index >= 15 is 0 Å². The number of aromatic nitrogens is 3. The van der Waals surface area contributed by atoms with E-state index in [9.17, 15) is 4.79 Å². The molecular weight excluding hydrogens is 309 g/mol. The number of hydrogen-bond donors (Lipinski definition) is 0. The van der Waals surface area contributed by atoms with Crippen LogP contribution >= 0.6 is 27.5 Å². The Hall–Kier alpha value is -1.14. The number of fused-ring (bicyclic) bond motifs is 1. The van der Waals surface area contributed by atoms with Gasteiger partial charge in [-0.3, -0.25) is 0 Å². The molecule has 0 fully saturated rings. The predicted molar refractivity (Wildman–Crippen MR) is 66.4 cm³/mol. The summed E-state index contributed by atoms with van der Waals surface area (Å²) in [5, 5.41) is 4.42. The second-order valence-corrected chi connectivity index (χ2v) is 4.44. The molecule has 0 N–H and O–H groups in total. The Kier molecular flexibility index (Phi) is 3.35. The fourth-order valence-electron chi connectivity index (χ4n) is 1.39. The quantitative estimate of drug-likeness (QED) is 0.799. The van der Waals surface area contributed by atoms with Gasteiger partial charge < -0.3 is 4.74 Å². The molecule has 2 aromatic rings. The molecule has 17 heavy (non-hydrogen) atoms. The van der Waals surface area contributed by atoms with Crippen LogP contribution in [0.5, 0.6) is 0 Å². The van der Waals surface area contributed by atoms with Crippen LogP contribution in [0.3, 0.4) is 0 Å². The molecule has 5 nitrogen and oxygen atoms in total. The van der Waals surface area contributed by atoms with Crippen molar-refractivity contribution in [3.63, 3.8) is 0 Å². The van der Waals surface area contributed by atoms with Gasteiger partial charge in [-0.15, -0.1) is 0 Å². The maximum absolute atomic E-state index is 11.5. The average molecular weight is 319 g/mol. The van der Waals surface area contributed by atoms with Gasteiger partial charge in [0.25, 0.3) is 0 Å². The van der Waals surface area contributed by atoms with Gasteiger partial charge in [0, 0.05) is 6.07 Å². The summed E-state index contributed by atoms with van der Waals surface area (Å²) in [6.45, 7) is 3.84. The fourth-order valence-corrected chi connectivity index (χ4v) is 2.01. The molecule has 0 atom stereocenters. The number of hydrogen-bond acceptors (Lipinski definition) is 4. The van der Waals surface area contributed by atoms with Crippen LogP contribution in [0.15, 0.2) is 10.7 Å². The summed E-state index contributed by atoms with van der Waals surface area (Å²) in [6, 6.07) is 1.55. The molecule has 0 aromatic carbocycles. The SMILES string of the molecule is CCOC(=O)c1cc2c(Cl)nc(C)c(Br)n2n1. The number of aryl methyl sites for hydroxylation is 1. The molecule has 0 unspecified atom stereocenters. The fraction of sp³-hybridized carbons (Fsp3) is 0.300. The highest BCUT2D eigenvalue weighted by Crippen LogP contribution is 2.23. The summed E-state index contributed by atoms with van der Waals surface area (Å²) in [6.07, 6.45) is 0. The minimum absolute atomic E-state index is 0.210. The normalized spacial score (nSPS) is 10.8. The van der Waals surface area contributed by atoms with Crippen LogP contribution in [-0.2, 0) is 4.74 Å². The Labute approximate surface area is 111 Å². The highest BCUT2D eigenvalue weighted by molar-refractivity contribution is 9.10. The maximum Gasteiger partial charge on any atom is 0.358 e. The summed E-state index contributed by atoms with van der Waals surface area (Å²) < 4.78 is 7.06. The van der Waals surface area contributed by atoms with Crippen molar-refractivity contribution < 1.29 is 9.53 Å². The third kappa shape index (κ3) is 2.14. The van der Waals surface area contributed by atoms with Crippen molar-refractivity contribution in [2.45, 2.75) is 13.8 Å². The zero-order chi connectivity index (χ0) is 12.6. The Morgan fingerprint density at radius 3 is 3.00 bits per heavy atom. The number of esters is 1. The zero-order valence-electron chi connectivity index (χ0n) is 9.20. The van der Waals surface area contributed by atoms with Crippen molar-refractivity contribution in [1.82, 2.24) is 14.6 Å². The van der Waals surface area contributed by atoms with Crippen molar-refractivity contribution >= 4 is 39.0 Å².